The van der Waals surface area contributed by atoms with Crippen LogP contribution >= 0.6 is 0 Å². The highest BCUT2D eigenvalue weighted by atomic mass is 16.6. The highest BCUT2D eigenvalue weighted by Gasteiger charge is 2.41. The number of aromatic nitrogens is 1. The Morgan fingerprint density at radius 1 is 1.02 bits per heavy atom. The first kappa shape index (κ1) is 28.7. The summed E-state index contributed by atoms with van der Waals surface area (Å²) in [5.74, 6) is 1.92. The van der Waals surface area contributed by atoms with E-state index in [1.165, 1.54) is 23.1 Å². The number of ether oxygens (including phenoxy) is 3. The highest BCUT2D eigenvalue weighted by Crippen LogP contribution is 2.35. The van der Waals surface area contributed by atoms with Gasteiger partial charge in [0.15, 0.2) is 0 Å². The van der Waals surface area contributed by atoms with Crippen LogP contribution < -0.4 is 4.74 Å². The molecule has 1 saturated heterocycles. The summed E-state index contributed by atoms with van der Waals surface area (Å²) in [6.45, 7) is 2.59. The maximum atomic E-state index is 13.6. The predicted molar refractivity (Wildman–Crippen MR) is 161 cm³/mol. The van der Waals surface area contributed by atoms with Gasteiger partial charge in [-0.05, 0) is 73.1 Å². The summed E-state index contributed by atoms with van der Waals surface area (Å²) in [5.41, 5.74) is 6.32. The van der Waals surface area contributed by atoms with Gasteiger partial charge in [0, 0.05) is 25.5 Å². The van der Waals surface area contributed by atoms with Crippen molar-refractivity contribution < 1.29 is 28.2 Å². The third kappa shape index (κ3) is 6.20. The first-order valence-corrected chi connectivity index (χ1v) is 14.9. The lowest BCUT2D eigenvalue weighted by atomic mass is 9.96. The van der Waals surface area contributed by atoms with Crippen LogP contribution in [0.15, 0.2) is 77.2 Å². The van der Waals surface area contributed by atoms with E-state index in [2.05, 4.69) is 0 Å². The molecule has 0 radical (unpaired) electrons. The molecule has 4 aromatic rings. The van der Waals surface area contributed by atoms with Crippen LogP contribution in [0.5, 0.6) is 5.75 Å². The van der Waals surface area contributed by atoms with Crippen LogP contribution in [0.1, 0.15) is 40.1 Å². The molecule has 8 nitrogen and oxygen atoms in total. The van der Waals surface area contributed by atoms with Crippen LogP contribution in [-0.2, 0) is 46.4 Å². The lowest BCUT2D eigenvalue weighted by Gasteiger charge is -2.25. The zero-order chi connectivity index (χ0) is 29.8. The molecule has 6 rings (SSSR count). The van der Waals surface area contributed by atoms with E-state index >= 15 is 0 Å². The molecule has 222 valence electrons. The molecule has 2 aliphatic rings. The van der Waals surface area contributed by atoms with Crippen molar-refractivity contribution >= 4 is 12.0 Å². The van der Waals surface area contributed by atoms with Gasteiger partial charge in [0.1, 0.15) is 24.2 Å². The number of carbonyl (C=O) groups is 2. The van der Waals surface area contributed by atoms with E-state index in [0.29, 0.717) is 31.8 Å². The molecule has 2 amide bonds. The maximum absolute atomic E-state index is 13.6. The number of cyclic esters (lactones) is 1. The minimum atomic E-state index is -0.797. The number of methoxy groups -OCH3 is 1. The molecule has 1 aromatic heterocycles. The maximum Gasteiger partial charge on any atom is 0.417 e. The fourth-order valence-electron chi connectivity index (χ4n) is 6.09. The zero-order valence-electron chi connectivity index (χ0n) is 24.6. The Balaban J connectivity index is 1.12. The van der Waals surface area contributed by atoms with E-state index in [1.54, 1.807) is 0 Å². The van der Waals surface area contributed by atoms with Crippen LogP contribution in [0, 0.1) is 6.92 Å². The average molecular weight is 581 g/mol. The number of hydrogen-bond donors (Lipinski definition) is 0. The number of amides is 2. The fourth-order valence-corrected chi connectivity index (χ4v) is 6.09. The van der Waals surface area contributed by atoms with Gasteiger partial charge in [-0.1, -0.05) is 54.6 Å². The largest absolute Gasteiger partial charge is 0.493 e. The molecule has 8 heteroatoms. The van der Waals surface area contributed by atoms with Crippen molar-refractivity contribution in [2.45, 2.75) is 57.6 Å². The van der Waals surface area contributed by atoms with Crippen molar-refractivity contribution in [2.24, 2.45) is 0 Å². The lowest BCUT2D eigenvalue weighted by molar-refractivity contribution is -0.139. The monoisotopic (exact) mass is 580 g/mol. The van der Waals surface area contributed by atoms with Crippen LogP contribution in [0.2, 0.25) is 0 Å². The number of oxazole rings is 1. The molecular weight excluding hydrogens is 544 g/mol. The number of hydrogen-bond acceptors (Lipinski definition) is 7. The quantitative estimate of drug-likeness (QED) is 0.218. The second-order valence-electron chi connectivity index (χ2n) is 11.1. The van der Waals surface area contributed by atoms with E-state index in [0.717, 1.165) is 53.2 Å². The summed E-state index contributed by atoms with van der Waals surface area (Å²) in [6.07, 6.45) is 3.00. The molecular formula is C35H36N2O6. The van der Waals surface area contributed by atoms with Gasteiger partial charge in [0.25, 0.3) is 5.91 Å². The van der Waals surface area contributed by atoms with E-state index < -0.39 is 12.2 Å². The molecule has 1 aliphatic heterocycles. The number of fused-ring (bicyclic) bond motifs is 1. The molecule has 2 atom stereocenters. The molecule has 2 heterocycles. The summed E-state index contributed by atoms with van der Waals surface area (Å²) < 4.78 is 23.1. The third-order valence-electron chi connectivity index (χ3n) is 8.33. The molecule has 0 bridgehead atoms. The lowest BCUT2D eigenvalue weighted by Crippen LogP contribution is -2.47. The van der Waals surface area contributed by atoms with Crippen molar-refractivity contribution in [1.29, 1.82) is 0 Å². The summed E-state index contributed by atoms with van der Waals surface area (Å²) >= 11 is 0. The molecule has 0 unspecified atom stereocenters. The van der Waals surface area contributed by atoms with Gasteiger partial charge in [-0.15, -0.1) is 0 Å². The van der Waals surface area contributed by atoms with Gasteiger partial charge < -0.3 is 18.6 Å². The Kier molecular flexibility index (Phi) is 8.56. The van der Waals surface area contributed by atoms with E-state index in [9.17, 15) is 9.59 Å². The van der Waals surface area contributed by atoms with Gasteiger partial charge in [0.2, 0.25) is 5.89 Å². The summed E-state index contributed by atoms with van der Waals surface area (Å²) in [7, 11) is 1.52. The van der Waals surface area contributed by atoms with Gasteiger partial charge in [-0.25, -0.2) is 14.7 Å². The Morgan fingerprint density at radius 3 is 2.53 bits per heavy atom. The van der Waals surface area contributed by atoms with Gasteiger partial charge in [0.05, 0.1) is 18.3 Å². The van der Waals surface area contributed by atoms with Crippen molar-refractivity contribution in [3.8, 4) is 17.2 Å². The van der Waals surface area contributed by atoms with Crippen molar-refractivity contribution in [2.75, 3.05) is 20.3 Å². The fraction of sp³-hybridized carbons (Fsp3) is 0.343. The normalized spacial score (nSPS) is 16.7. The Hall–Kier alpha value is -4.43. The Labute approximate surface area is 251 Å². The average Bonchev–Trinajstić information content (AvgIpc) is 3.76. The second kappa shape index (κ2) is 12.8. The number of imide groups is 1. The summed E-state index contributed by atoms with van der Waals surface area (Å²) in [5, 5.41) is 0. The zero-order valence-corrected chi connectivity index (χ0v) is 24.6. The van der Waals surface area contributed by atoms with Crippen LogP contribution in [0.25, 0.3) is 11.5 Å². The predicted octanol–water partition coefficient (Wildman–Crippen LogP) is 5.91. The number of nitrogens with zero attached hydrogens (tertiary/aromatic N) is 2. The number of benzene rings is 3. The Morgan fingerprint density at radius 2 is 1.77 bits per heavy atom. The second-order valence-corrected chi connectivity index (χ2v) is 11.1. The number of carbonyl (C=O) groups excluding carboxylic acids is 2. The molecule has 3 aromatic carbocycles. The van der Waals surface area contributed by atoms with Gasteiger partial charge in [-0.3, -0.25) is 4.79 Å². The van der Waals surface area contributed by atoms with E-state index in [1.807, 2.05) is 79.7 Å². The molecule has 0 spiro atoms. The summed E-state index contributed by atoms with van der Waals surface area (Å²) in [4.78, 5) is 32.2. The molecule has 1 fully saturated rings. The summed E-state index contributed by atoms with van der Waals surface area (Å²) in [6, 6.07) is 23.3. The van der Waals surface area contributed by atoms with Crippen molar-refractivity contribution in [1.82, 2.24) is 9.88 Å². The van der Waals surface area contributed by atoms with Crippen molar-refractivity contribution in [3.63, 3.8) is 0 Å². The Bertz CT molecular complexity index is 1580. The van der Waals surface area contributed by atoms with Gasteiger partial charge >= 0.3 is 6.09 Å². The van der Waals surface area contributed by atoms with Crippen LogP contribution in [0.4, 0.5) is 4.79 Å². The number of rotatable bonds is 11. The first-order valence-electron chi connectivity index (χ1n) is 14.9. The van der Waals surface area contributed by atoms with Crippen molar-refractivity contribution in [3.05, 3.63) is 107 Å². The minimum absolute atomic E-state index is 0.179. The van der Waals surface area contributed by atoms with Gasteiger partial charge in [-0.2, -0.15) is 0 Å². The van der Waals surface area contributed by atoms with Crippen LogP contribution in [-0.4, -0.2) is 54.4 Å². The molecule has 1 aliphatic carbocycles. The smallest absolute Gasteiger partial charge is 0.417 e. The SMILES string of the molecule is CO[C@@H](Cc1ccc(OCCc2nc(-c3ccccc3)oc2C)c2c1CCC2)C(=O)N1C(=O)OC[C@@H]1Cc1ccccc1. The first-order chi connectivity index (χ1) is 21.0. The third-order valence-corrected chi connectivity index (χ3v) is 8.33. The van der Waals surface area contributed by atoms with E-state index in [-0.39, 0.29) is 18.6 Å². The van der Waals surface area contributed by atoms with Crippen LogP contribution in [0.3, 0.4) is 0 Å². The molecule has 0 saturated carbocycles. The minimum Gasteiger partial charge on any atom is -0.493 e. The molecule has 43 heavy (non-hydrogen) atoms. The standard InChI is InChI=1S/C35H36N2O6/c1-23-30(36-33(43-23)25-12-7-4-8-13-25)18-19-41-31-17-16-26(28-14-9-15-29(28)31)21-32(40-2)34(38)37-27(22-42-35(37)39)20-24-10-5-3-6-11-24/h3-8,10-13,16-17,27,32H,9,14-15,18-22H2,1-2H3/t27-,32-/m0/s1. The highest BCUT2D eigenvalue weighted by molar-refractivity contribution is 5.96. The van der Waals surface area contributed by atoms with E-state index in [4.69, 9.17) is 23.6 Å². The topological polar surface area (TPSA) is 91.1 Å². The number of aryl methyl sites for hydroxylation is 1. The molecule has 0 N–H and O–H groups in total.